The van der Waals surface area contributed by atoms with E-state index >= 15 is 0 Å². The van der Waals surface area contributed by atoms with E-state index in [9.17, 15) is 9.59 Å². The molecule has 0 aliphatic carbocycles. The maximum Gasteiger partial charge on any atom is 0.338 e. The first-order valence-electron chi connectivity index (χ1n) is 12.8. The highest BCUT2D eigenvalue weighted by Gasteiger charge is 2.33. The normalized spacial score (nSPS) is 14.9. The Balaban J connectivity index is 1.60. The minimum atomic E-state index is -0.724. The second-order valence-electron chi connectivity index (χ2n) is 9.15. The third-order valence-electron chi connectivity index (χ3n) is 6.52. The lowest BCUT2D eigenvalue weighted by Crippen LogP contribution is -2.40. The van der Waals surface area contributed by atoms with Gasteiger partial charge in [0.15, 0.2) is 4.80 Å². The molecule has 3 aromatic carbocycles. The van der Waals surface area contributed by atoms with Gasteiger partial charge in [-0.2, -0.15) is 0 Å². The maximum absolute atomic E-state index is 14.0. The van der Waals surface area contributed by atoms with E-state index in [1.165, 1.54) is 11.3 Å². The van der Waals surface area contributed by atoms with Gasteiger partial charge >= 0.3 is 5.97 Å². The number of esters is 1. The Kier molecular flexibility index (Phi) is 8.91. The van der Waals surface area contributed by atoms with Gasteiger partial charge in [0.05, 0.1) is 40.0 Å². The van der Waals surface area contributed by atoms with Gasteiger partial charge in [0.25, 0.3) is 5.56 Å². The van der Waals surface area contributed by atoms with Crippen LogP contribution in [0.5, 0.6) is 11.5 Å². The number of halogens is 2. The van der Waals surface area contributed by atoms with Crippen LogP contribution in [-0.4, -0.2) is 24.3 Å². The van der Waals surface area contributed by atoms with E-state index in [0.717, 1.165) is 21.2 Å². The number of benzene rings is 3. The van der Waals surface area contributed by atoms with Crippen molar-refractivity contribution in [1.29, 1.82) is 0 Å². The van der Waals surface area contributed by atoms with Gasteiger partial charge < -0.3 is 14.2 Å². The minimum absolute atomic E-state index is 0.204. The van der Waals surface area contributed by atoms with Gasteiger partial charge in [0.2, 0.25) is 0 Å². The zero-order valence-electron chi connectivity index (χ0n) is 22.5. The molecular weight excluding hydrogens is 672 g/mol. The van der Waals surface area contributed by atoms with Crippen LogP contribution < -0.4 is 24.4 Å². The fourth-order valence-electron chi connectivity index (χ4n) is 4.57. The van der Waals surface area contributed by atoms with Crippen molar-refractivity contribution in [2.75, 3.05) is 13.7 Å². The first kappa shape index (κ1) is 29.0. The summed E-state index contributed by atoms with van der Waals surface area (Å²) in [5.74, 6) is 0.784. The SMILES string of the molecule is CCOC(=O)C1=C(C)N=c2s/c(=C\c3ccccc3OCc3ccc(Br)cc3)c(=O)n2[C@H]1c1ccc(OC)c(Br)c1. The molecule has 1 atom stereocenters. The molecule has 0 unspecified atom stereocenters. The molecule has 10 heteroatoms. The summed E-state index contributed by atoms with van der Waals surface area (Å²) in [5, 5.41) is 0. The monoisotopic (exact) mass is 696 g/mol. The number of ether oxygens (including phenoxy) is 3. The number of carbonyl (C=O) groups is 1. The Hall–Kier alpha value is -3.47. The van der Waals surface area contributed by atoms with Crippen LogP contribution >= 0.6 is 43.2 Å². The molecule has 2 heterocycles. The molecule has 0 saturated heterocycles. The number of hydrogen-bond donors (Lipinski definition) is 0. The second kappa shape index (κ2) is 12.6. The van der Waals surface area contributed by atoms with Gasteiger partial charge in [-0.3, -0.25) is 9.36 Å². The number of fused-ring (bicyclic) bond motifs is 1. The summed E-state index contributed by atoms with van der Waals surface area (Å²) in [5.41, 5.74) is 3.08. The number of thiazole rings is 1. The van der Waals surface area contributed by atoms with Crippen LogP contribution in [0.2, 0.25) is 0 Å². The van der Waals surface area contributed by atoms with Gasteiger partial charge in [0.1, 0.15) is 18.1 Å². The number of hydrogen-bond acceptors (Lipinski definition) is 7. The van der Waals surface area contributed by atoms with Gasteiger partial charge in [-0.25, -0.2) is 9.79 Å². The molecular formula is C31H26Br2N2O5S. The Labute approximate surface area is 257 Å². The number of methoxy groups -OCH3 is 1. The summed E-state index contributed by atoms with van der Waals surface area (Å²) in [6.45, 7) is 4.10. The van der Waals surface area contributed by atoms with Crippen LogP contribution in [0, 0.1) is 0 Å². The Morgan fingerprint density at radius 1 is 1.07 bits per heavy atom. The lowest BCUT2D eigenvalue weighted by Gasteiger charge is -2.25. The van der Waals surface area contributed by atoms with Gasteiger partial charge in [-0.1, -0.05) is 63.7 Å². The highest BCUT2D eigenvalue weighted by atomic mass is 79.9. The minimum Gasteiger partial charge on any atom is -0.496 e. The van der Waals surface area contributed by atoms with E-state index in [0.29, 0.717) is 43.2 Å². The van der Waals surface area contributed by atoms with E-state index in [2.05, 4.69) is 36.9 Å². The zero-order valence-corrected chi connectivity index (χ0v) is 26.5. The van der Waals surface area contributed by atoms with Crippen LogP contribution in [0.25, 0.3) is 6.08 Å². The van der Waals surface area contributed by atoms with E-state index in [4.69, 9.17) is 14.2 Å². The highest BCUT2D eigenvalue weighted by molar-refractivity contribution is 9.10. The van der Waals surface area contributed by atoms with Crippen molar-refractivity contribution < 1.29 is 19.0 Å². The molecule has 7 nitrogen and oxygen atoms in total. The molecule has 1 aliphatic rings. The van der Waals surface area contributed by atoms with Gasteiger partial charge in [-0.05, 0) is 77.3 Å². The summed E-state index contributed by atoms with van der Waals surface area (Å²) < 4.78 is 20.7. The summed E-state index contributed by atoms with van der Waals surface area (Å²) in [7, 11) is 1.58. The summed E-state index contributed by atoms with van der Waals surface area (Å²) in [6.07, 6.45) is 1.81. The Morgan fingerprint density at radius 3 is 2.54 bits per heavy atom. The largest absolute Gasteiger partial charge is 0.496 e. The summed E-state index contributed by atoms with van der Waals surface area (Å²) >= 11 is 8.26. The Bertz CT molecular complexity index is 1830. The highest BCUT2D eigenvalue weighted by Crippen LogP contribution is 2.35. The van der Waals surface area contributed by atoms with Gasteiger partial charge in [-0.15, -0.1) is 0 Å². The van der Waals surface area contributed by atoms with Crippen molar-refractivity contribution >= 4 is 55.2 Å². The molecule has 4 aromatic rings. The van der Waals surface area contributed by atoms with E-state index in [-0.39, 0.29) is 12.2 Å². The third kappa shape index (κ3) is 6.10. The van der Waals surface area contributed by atoms with E-state index in [1.807, 2.05) is 66.7 Å². The van der Waals surface area contributed by atoms with Crippen molar-refractivity contribution in [2.45, 2.75) is 26.5 Å². The lowest BCUT2D eigenvalue weighted by atomic mass is 9.96. The van der Waals surface area contributed by atoms with Crippen LogP contribution in [0.1, 0.15) is 36.6 Å². The second-order valence-corrected chi connectivity index (χ2v) is 11.9. The van der Waals surface area contributed by atoms with Crippen LogP contribution in [0.4, 0.5) is 0 Å². The topological polar surface area (TPSA) is 79.1 Å². The van der Waals surface area contributed by atoms with Gasteiger partial charge in [0, 0.05) is 10.0 Å². The predicted octanol–water partition coefficient (Wildman–Crippen LogP) is 5.91. The smallest absolute Gasteiger partial charge is 0.338 e. The lowest BCUT2D eigenvalue weighted by molar-refractivity contribution is -0.139. The molecule has 0 N–H and O–H groups in total. The molecule has 0 bridgehead atoms. The number of rotatable bonds is 8. The average molecular weight is 698 g/mol. The van der Waals surface area contributed by atoms with Crippen molar-refractivity contribution in [3.63, 3.8) is 0 Å². The molecule has 210 valence electrons. The summed E-state index contributed by atoms with van der Waals surface area (Å²) in [6, 6.07) is 20.3. The van der Waals surface area contributed by atoms with Crippen LogP contribution in [0.15, 0.2) is 96.7 Å². The van der Waals surface area contributed by atoms with E-state index in [1.54, 1.807) is 31.6 Å². The predicted molar refractivity (Wildman–Crippen MR) is 166 cm³/mol. The Morgan fingerprint density at radius 2 is 1.83 bits per heavy atom. The maximum atomic E-state index is 14.0. The number of carbonyl (C=O) groups excluding carboxylic acids is 1. The van der Waals surface area contributed by atoms with Crippen LogP contribution in [-0.2, 0) is 16.1 Å². The molecule has 0 fully saturated rings. The first-order chi connectivity index (χ1) is 19.8. The fourth-order valence-corrected chi connectivity index (χ4v) is 6.43. The van der Waals surface area contributed by atoms with Crippen molar-refractivity contribution in [2.24, 2.45) is 4.99 Å². The molecule has 0 radical (unpaired) electrons. The van der Waals surface area contributed by atoms with Crippen molar-refractivity contribution in [3.05, 3.63) is 123 Å². The van der Waals surface area contributed by atoms with Crippen LogP contribution in [0.3, 0.4) is 0 Å². The summed E-state index contributed by atoms with van der Waals surface area (Å²) in [4.78, 5) is 32.3. The number of allylic oxidation sites excluding steroid dienone is 1. The fraction of sp³-hybridized carbons (Fsp3) is 0.194. The standard InChI is InChI=1S/C31H26Br2N2O5S/c1-4-39-30(37)27-18(2)34-31-35(28(27)21-11-14-25(38-3)23(33)15-21)29(36)26(41-31)16-20-7-5-6-8-24(20)40-17-19-9-12-22(32)13-10-19/h5-16,28H,4,17H2,1-3H3/b26-16-/t28-/m0/s1. The molecule has 1 aromatic heterocycles. The first-order valence-corrected chi connectivity index (χ1v) is 15.2. The van der Waals surface area contributed by atoms with E-state index < -0.39 is 12.0 Å². The average Bonchev–Trinajstić information content (AvgIpc) is 3.26. The van der Waals surface area contributed by atoms with Crippen molar-refractivity contribution in [1.82, 2.24) is 4.57 Å². The quantitative estimate of drug-likeness (QED) is 0.214. The molecule has 1 aliphatic heterocycles. The molecule has 5 rings (SSSR count). The number of nitrogens with zero attached hydrogens (tertiary/aromatic N) is 2. The zero-order chi connectivity index (χ0) is 29.1. The molecule has 41 heavy (non-hydrogen) atoms. The molecule has 0 amide bonds. The molecule has 0 saturated carbocycles. The van der Waals surface area contributed by atoms with Crippen molar-refractivity contribution in [3.8, 4) is 11.5 Å². The number of aromatic nitrogens is 1. The molecule has 0 spiro atoms. The third-order valence-corrected chi connectivity index (χ3v) is 8.65. The number of para-hydroxylation sites is 1.